The molecule has 0 unspecified atom stereocenters. The molecule has 7 nitrogen and oxygen atoms in total. The summed E-state index contributed by atoms with van der Waals surface area (Å²) in [5.74, 6) is 0.325. The third-order valence-electron chi connectivity index (χ3n) is 6.52. The number of nitrogens with one attached hydrogen (secondary N) is 2. The van der Waals surface area contributed by atoms with Crippen molar-refractivity contribution in [1.29, 1.82) is 0 Å². The summed E-state index contributed by atoms with van der Waals surface area (Å²) in [4.78, 5) is 28.1. The van der Waals surface area contributed by atoms with E-state index in [0.717, 1.165) is 42.6 Å². The van der Waals surface area contributed by atoms with E-state index in [1.807, 2.05) is 66.7 Å². The van der Waals surface area contributed by atoms with Gasteiger partial charge in [-0.1, -0.05) is 88.6 Å². The highest BCUT2D eigenvalue weighted by atomic mass is 16.2. The molecule has 0 bridgehead atoms. The lowest BCUT2D eigenvalue weighted by atomic mass is 9.92. The first-order valence-corrected chi connectivity index (χ1v) is 12.8. The van der Waals surface area contributed by atoms with Gasteiger partial charge in [0.05, 0.1) is 11.4 Å². The Balaban J connectivity index is 1.53. The summed E-state index contributed by atoms with van der Waals surface area (Å²) in [5.41, 5.74) is 2.53. The topological polar surface area (TPSA) is 79.3 Å². The quantitative estimate of drug-likeness (QED) is 0.452. The number of para-hydroxylation sites is 1. The van der Waals surface area contributed by atoms with Crippen LogP contribution in [-0.4, -0.2) is 39.2 Å². The molecule has 36 heavy (non-hydrogen) atoms. The summed E-state index contributed by atoms with van der Waals surface area (Å²) >= 11 is 0. The number of rotatable bonds is 7. The number of carbonyl (C=O) groups is 2. The van der Waals surface area contributed by atoms with Crippen LogP contribution in [0, 0.1) is 0 Å². The molecule has 3 aromatic rings. The smallest absolute Gasteiger partial charge is 0.318 e. The van der Waals surface area contributed by atoms with Crippen LogP contribution in [0.15, 0.2) is 66.7 Å². The number of anilines is 1. The van der Waals surface area contributed by atoms with E-state index in [2.05, 4.69) is 31.4 Å². The lowest BCUT2D eigenvalue weighted by molar-refractivity contribution is -0.116. The van der Waals surface area contributed by atoms with E-state index in [0.29, 0.717) is 12.4 Å². The number of urea groups is 1. The number of aromatic nitrogens is 2. The summed E-state index contributed by atoms with van der Waals surface area (Å²) in [7, 11) is 0. The lowest BCUT2D eigenvalue weighted by Gasteiger charge is -2.28. The number of hydrogen-bond acceptors (Lipinski definition) is 3. The van der Waals surface area contributed by atoms with Crippen LogP contribution in [0.4, 0.5) is 10.6 Å². The number of amides is 3. The van der Waals surface area contributed by atoms with Crippen molar-refractivity contribution in [3.63, 3.8) is 0 Å². The molecule has 2 aromatic carbocycles. The van der Waals surface area contributed by atoms with Crippen molar-refractivity contribution in [1.82, 2.24) is 20.0 Å². The molecule has 3 amide bonds. The third kappa shape index (κ3) is 6.74. The average molecular weight is 488 g/mol. The molecular formula is C29H37N5O2. The predicted octanol–water partition coefficient (Wildman–Crippen LogP) is 5.65. The van der Waals surface area contributed by atoms with Gasteiger partial charge in [-0.05, 0) is 30.5 Å². The van der Waals surface area contributed by atoms with Crippen LogP contribution in [0.25, 0.3) is 5.69 Å². The second-order valence-corrected chi connectivity index (χ2v) is 10.6. The molecule has 190 valence electrons. The van der Waals surface area contributed by atoms with Gasteiger partial charge in [-0.25, -0.2) is 9.48 Å². The Morgan fingerprint density at radius 1 is 0.972 bits per heavy atom. The molecule has 1 aliphatic carbocycles. The van der Waals surface area contributed by atoms with Crippen LogP contribution in [0.3, 0.4) is 0 Å². The van der Waals surface area contributed by atoms with Gasteiger partial charge in [-0.2, -0.15) is 5.10 Å². The minimum atomic E-state index is -0.262. The summed E-state index contributed by atoms with van der Waals surface area (Å²) in [6.07, 6.45) is 5.45. The van der Waals surface area contributed by atoms with E-state index in [-0.39, 0.29) is 29.9 Å². The Bertz CT molecular complexity index is 1150. The SMILES string of the molecule is CC(C)(C)c1cc(NC(=O)CN(Cc2ccccc2)C(=O)NC2CCCCC2)n(-c2ccccc2)n1. The minimum Gasteiger partial charge on any atom is -0.335 e. The molecule has 1 aromatic heterocycles. The fraction of sp³-hybridized carbons (Fsp3) is 0.414. The standard InChI is InChI=1S/C29H37N5O2/c1-29(2,3)25-19-26(34(32-25)24-17-11-6-12-18-24)31-27(35)21-33(20-22-13-7-4-8-14-22)28(36)30-23-15-9-5-10-16-23/h4,6-8,11-14,17-19,23H,5,9-10,15-16,20-21H2,1-3H3,(H,30,36)(H,31,35). The van der Waals surface area contributed by atoms with Gasteiger partial charge in [0.2, 0.25) is 5.91 Å². The first kappa shape index (κ1) is 25.5. The molecule has 2 N–H and O–H groups in total. The van der Waals surface area contributed by atoms with Crippen molar-refractivity contribution in [2.75, 3.05) is 11.9 Å². The van der Waals surface area contributed by atoms with Crippen molar-refractivity contribution in [2.24, 2.45) is 0 Å². The molecule has 1 aliphatic rings. The monoisotopic (exact) mass is 487 g/mol. The first-order chi connectivity index (χ1) is 17.3. The van der Waals surface area contributed by atoms with Crippen LogP contribution in [0.2, 0.25) is 0 Å². The van der Waals surface area contributed by atoms with Crippen LogP contribution < -0.4 is 10.6 Å². The summed E-state index contributed by atoms with van der Waals surface area (Å²) in [6, 6.07) is 21.4. The van der Waals surface area contributed by atoms with Gasteiger partial charge in [-0.3, -0.25) is 4.79 Å². The normalized spacial score (nSPS) is 14.3. The minimum absolute atomic E-state index is 0.0573. The fourth-order valence-electron chi connectivity index (χ4n) is 4.47. The first-order valence-electron chi connectivity index (χ1n) is 12.8. The Kier molecular flexibility index (Phi) is 8.08. The molecule has 0 aliphatic heterocycles. The van der Waals surface area contributed by atoms with Gasteiger partial charge < -0.3 is 15.5 Å². The largest absolute Gasteiger partial charge is 0.335 e. The molecule has 0 radical (unpaired) electrons. The zero-order valence-corrected chi connectivity index (χ0v) is 21.5. The highest BCUT2D eigenvalue weighted by Crippen LogP contribution is 2.26. The average Bonchev–Trinajstić information content (AvgIpc) is 3.30. The van der Waals surface area contributed by atoms with E-state index in [4.69, 9.17) is 5.10 Å². The van der Waals surface area contributed by atoms with Crippen LogP contribution >= 0.6 is 0 Å². The Hall–Kier alpha value is -3.61. The molecular weight excluding hydrogens is 450 g/mol. The predicted molar refractivity (Wildman–Crippen MR) is 143 cm³/mol. The van der Waals surface area contributed by atoms with Crippen LogP contribution in [0.1, 0.15) is 64.1 Å². The maximum atomic E-state index is 13.3. The zero-order chi connectivity index (χ0) is 25.5. The number of benzene rings is 2. The second kappa shape index (κ2) is 11.4. The molecule has 0 saturated heterocycles. The fourth-order valence-corrected chi connectivity index (χ4v) is 4.47. The van der Waals surface area contributed by atoms with Crippen molar-refractivity contribution in [3.05, 3.63) is 78.0 Å². The number of nitrogens with zero attached hydrogens (tertiary/aromatic N) is 3. The lowest BCUT2D eigenvalue weighted by Crippen LogP contribution is -2.47. The van der Waals surface area contributed by atoms with E-state index in [9.17, 15) is 9.59 Å². The molecule has 1 fully saturated rings. The van der Waals surface area contributed by atoms with Gasteiger partial charge in [0.15, 0.2) is 0 Å². The van der Waals surface area contributed by atoms with Crippen molar-refractivity contribution in [3.8, 4) is 5.69 Å². The van der Waals surface area contributed by atoms with Crippen LogP contribution in [0.5, 0.6) is 0 Å². The zero-order valence-electron chi connectivity index (χ0n) is 21.5. The van der Waals surface area contributed by atoms with E-state index in [1.54, 1.807) is 9.58 Å². The highest BCUT2D eigenvalue weighted by Gasteiger charge is 2.25. The summed E-state index contributed by atoms with van der Waals surface area (Å²) in [6.45, 7) is 6.57. The summed E-state index contributed by atoms with van der Waals surface area (Å²) in [5, 5.41) is 10.9. The molecule has 1 heterocycles. The molecule has 4 rings (SSSR count). The molecule has 1 saturated carbocycles. The maximum absolute atomic E-state index is 13.3. The third-order valence-corrected chi connectivity index (χ3v) is 6.52. The number of hydrogen-bond donors (Lipinski definition) is 2. The second-order valence-electron chi connectivity index (χ2n) is 10.6. The molecule has 0 atom stereocenters. The van der Waals surface area contributed by atoms with Crippen molar-refractivity contribution < 1.29 is 9.59 Å². The van der Waals surface area contributed by atoms with Crippen LogP contribution in [-0.2, 0) is 16.8 Å². The number of carbonyl (C=O) groups excluding carboxylic acids is 2. The van der Waals surface area contributed by atoms with Gasteiger partial charge >= 0.3 is 6.03 Å². The molecule has 7 heteroatoms. The van der Waals surface area contributed by atoms with Gasteiger partial charge in [-0.15, -0.1) is 0 Å². The van der Waals surface area contributed by atoms with Crippen molar-refractivity contribution >= 4 is 17.8 Å². The highest BCUT2D eigenvalue weighted by molar-refractivity contribution is 5.94. The van der Waals surface area contributed by atoms with E-state index >= 15 is 0 Å². The maximum Gasteiger partial charge on any atom is 0.318 e. The Morgan fingerprint density at radius 2 is 1.61 bits per heavy atom. The van der Waals surface area contributed by atoms with Gasteiger partial charge in [0.25, 0.3) is 0 Å². The van der Waals surface area contributed by atoms with Gasteiger partial charge in [0.1, 0.15) is 12.4 Å². The molecule has 0 spiro atoms. The van der Waals surface area contributed by atoms with Gasteiger partial charge in [0, 0.05) is 24.1 Å². The Morgan fingerprint density at radius 3 is 2.25 bits per heavy atom. The Labute approximate surface area is 213 Å². The summed E-state index contributed by atoms with van der Waals surface area (Å²) < 4.78 is 1.75. The van der Waals surface area contributed by atoms with Crippen molar-refractivity contribution in [2.45, 2.75) is 70.9 Å². The van der Waals surface area contributed by atoms with E-state index < -0.39 is 0 Å². The van der Waals surface area contributed by atoms with E-state index in [1.165, 1.54) is 6.42 Å².